The third-order valence-corrected chi connectivity index (χ3v) is 7.05. The van der Waals surface area contributed by atoms with Gasteiger partial charge in [0, 0.05) is 22.5 Å². The Labute approximate surface area is 163 Å². The number of likely N-dealkylation sites (N-methyl/N-ethyl adjacent to an activating group) is 1. The SMILES string of the molecule is COc1cc2c(cc1Cl)CCN(C)C2C1(c2ccccc2Br)CCC1. The molecule has 1 aliphatic heterocycles. The molecule has 1 aliphatic carbocycles. The minimum atomic E-state index is 0.156. The van der Waals surface area contributed by atoms with Crippen LogP contribution in [0.4, 0.5) is 0 Å². The van der Waals surface area contributed by atoms with E-state index in [0.717, 1.165) is 18.7 Å². The monoisotopic (exact) mass is 419 g/mol. The molecule has 2 aliphatic rings. The molecular formula is C21H23BrClNO. The maximum atomic E-state index is 6.40. The second kappa shape index (κ2) is 6.61. The van der Waals surface area contributed by atoms with Gasteiger partial charge >= 0.3 is 0 Å². The maximum absolute atomic E-state index is 6.40. The highest BCUT2D eigenvalue weighted by molar-refractivity contribution is 9.10. The van der Waals surface area contributed by atoms with Crippen molar-refractivity contribution in [2.45, 2.75) is 37.1 Å². The second-order valence-corrected chi connectivity index (χ2v) is 8.57. The van der Waals surface area contributed by atoms with Crippen LogP contribution in [0.1, 0.15) is 42.0 Å². The van der Waals surface area contributed by atoms with Crippen LogP contribution < -0.4 is 4.74 Å². The van der Waals surface area contributed by atoms with Gasteiger partial charge in [-0.2, -0.15) is 0 Å². The van der Waals surface area contributed by atoms with Crippen molar-refractivity contribution in [3.05, 3.63) is 62.6 Å². The molecule has 132 valence electrons. The van der Waals surface area contributed by atoms with Crippen molar-refractivity contribution in [1.82, 2.24) is 4.90 Å². The molecule has 0 spiro atoms. The van der Waals surface area contributed by atoms with Crippen LogP contribution in [-0.4, -0.2) is 25.6 Å². The highest BCUT2D eigenvalue weighted by atomic mass is 79.9. The largest absolute Gasteiger partial charge is 0.495 e. The molecule has 0 N–H and O–H groups in total. The van der Waals surface area contributed by atoms with Crippen molar-refractivity contribution >= 4 is 27.5 Å². The molecule has 1 heterocycles. The molecule has 0 radical (unpaired) electrons. The molecule has 1 fully saturated rings. The van der Waals surface area contributed by atoms with Crippen LogP contribution in [0, 0.1) is 0 Å². The normalized spacial score (nSPS) is 22.2. The van der Waals surface area contributed by atoms with Gasteiger partial charge in [0.05, 0.1) is 12.1 Å². The fourth-order valence-corrected chi connectivity index (χ4v) is 5.68. The summed E-state index contributed by atoms with van der Waals surface area (Å²) in [6, 6.07) is 13.4. The Bertz CT molecular complexity index is 802. The van der Waals surface area contributed by atoms with Gasteiger partial charge in [0.1, 0.15) is 5.75 Å². The standard InChI is InChI=1S/C21H23BrClNO/c1-24-11-8-14-12-18(23)19(25-2)13-15(14)20(24)21(9-5-10-21)16-6-3-4-7-17(16)22/h3-4,6-7,12-13,20H,5,8-11H2,1-2H3. The van der Waals surface area contributed by atoms with Crippen LogP contribution in [0.15, 0.2) is 40.9 Å². The molecule has 0 saturated heterocycles. The zero-order chi connectivity index (χ0) is 17.6. The first-order valence-corrected chi connectivity index (χ1v) is 10.1. The number of methoxy groups -OCH3 is 1. The predicted octanol–water partition coefficient (Wildman–Crippen LogP) is 5.76. The lowest BCUT2D eigenvalue weighted by Gasteiger charge is -2.54. The fraction of sp³-hybridized carbons (Fsp3) is 0.429. The molecular weight excluding hydrogens is 398 g/mol. The lowest BCUT2D eigenvalue weighted by atomic mass is 9.57. The van der Waals surface area contributed by atoms with Gasteiger partial charge in [-0.05, 0) is 61.2 Å². The molecule has 0 aromatic heterocycles. The first-order valence-electron chi connectivity index (χ1n) is 8.88. The van der Waals surface area contributed by atoms with E-state index in [9.17, 15) is 0 Å². The van der Waals surface area contributed by atoms with E-state index in [1.165, 1.54) is 40.4 Å². The van der Waals surface area contributed by atoms with Crippen LogP contribution in [0.5, 0.6) is 5.75 Å². The van der Waals surface area contributed by atoms with Crippen LogP contribution >= 0.6 is 27.5 Å². The Kier molecular flexibility index (Phi) is 4.59. The van der Waals surface area contributed by atoms with Crippen molar-refractivity contribution in [2.75, 3.05) is 20.7 Å². The minimum absolute atomic E-state index is 0.156. The van der Waals surface area contributed by atoms with E-state index in [2.05, 4.69) is 64.3 Å². The van der Waals surface area contributed by atoms with Crippen molar-refractivity contribution in [1.29, 1.82) is 0 Å². The van der Waals surface area contributed by atoms with E-state index in [-0.39, 0.29) is 5.41 Å². The Morgan fingerprint density at radius 1 is 1.24 bits per heavy atom. The highest BCUT2D eigenvalue weighted by Gasteiger charge is 2.50. The van der Waals surface area contributed by atoms with Crippen LogP contribution in [0.25, 0.3) is 0 Å². The molecule has 2 nitrogen and oxygen atoms in total. The Hall–Kier alpha value is -1.03. The number of ether oxygens (including phenoxy) is 1. The maximum Gasteiger partial charge on any atom is 0.137 e. The lowest BCUT2D eigenvalue weighted by Crippen LogP contribution is -2.50. The predicted molar refractivity (Wildman–Crippen MR) is 107 cm³/mol. The topological polar surface area (TPSA) is 12.5 Å². The number of benzene rings is 2. The lowest BCUT2D eigenvalue weighted by molar-refractivity contribution is 0.0710. The summed E-state index contributed by atoms with van der Waals surface area (Å²) in [6.45, 7) is 1.06. The van der Waals surface area contributed by atoms with Gasteiger partial charge in [0.15, 0.2) is 0 Å². The van der Waals surface area contributed by atoms with Gasteiger partial charge in [0.25, 0.3) is 0 Å². The Balaban J connectivity index is 1.89. The third kappa shape index (κ3) is 2.72. The summed E-state index contributed by atoms with van der Waals surface area (Å²) in [5, 5.41) is 0.716. The number of rotatable bonds is 3. The summed E-state index contributed by atoms with van der Waals surface area (Å²) in [4.78, 5) is 2.52. The molecule has 4 heteroatoms. The average Bonchev–Trinajstić information content (AvgIpc) is 2.57. The van der Waals surface area contributed by atoms with Crippen molar-refractivity contribution in [3.8, 4) is 5.75 Å². The van der Waals surface area contributed by atoms with Crippen molar-refractivity contribution in [2.24, 2.45) is 0 Å². The molecule has 2 aromatic carbocycles. The number of hydrogen-bond donors (Lipinski definition) is 0. The number of hydrogen-bond acceptors (Lipinski definition) is 2. The molecule has 25 heavy (non-hydrogen) atoms. The Morgan fingerprint density at radius 2 is 2.00 bits per heavy atom. The van der Waals surface area contributed by atoms with E-state index < -0.39 is 0 Å². The van der Waals surface area contributed by atoms with E-state index in [1.54, 1.807) is 7.11 Å². The second-order valence-electron chi connectivity index (χ2n) is 7.31. The summed E-state index contributed by atoms with van der Waals surface area (Å²) in [6.07, 6.45) is 4.76. The zero-order valence-corrected chi connectivity index (χ0v) is 17.0. The fourth-order valence-electron chi connectivity index (χ4n) is 4.73. The number of nitrogens with zero attached hydrogens (tertiary/aromatic N) is 1. The van der Waals surface area contributed by atoms with E-state index in [1.807, 2.05) is 0 Å². The number of halogens is 2. The molecule has 0 amide bonds. The molecule has 4 rings (SSSR count). The first-order chi connectivity index (χ1) is 12.1. The van der Waals surface area contributed by atoms with Crippen LogP contribution in [0.2, 0.25) is 5.02 Å². The van der Waals surface area contributed by atoms with Gasteiger partial charge in [-0.3, -0.25) is 4.90 Å². The molecule has 1 atom stereocenters. The van der Waals surface area contributed by atoms with Gasteiger partial charge in [0.2, 0.25) is 0 Å². The summed E-state index contributed by atoms with van der Waals surface area (Å²) in [5.41, 5.74) is 4.33. The van der Waals surface area contributed by atoms with Crippen molar-refractivity contribution < 1.29 is 4.74 Å². The molecule has 2 aromatic rings. The van der Waals surface area contributed by atoms with E-state index >= 15 is 0 Å². The number of fused-ring (bicyclic) bond motifs is 1. The molecule has 1 saturated carbocycles. The summed E-state index contributed by atoms with van der Waals surface area (Å²) >= 11 is 10.2. The van der Waals surface area contributed by atoms with Gasteiger partial charge in [-0.25, -0.2) is 0 Å². The van der Waals surface area contributed by atoms with Gasteiger partial charge in [-0.1, -0.05) is 52.2 Å². The molecule has 0 bridgehead atoms. The van der Waals surface area contributed by atoms with E-state index in [0.29, 0.717) is 11.1 Å². The van der Waals surface area contributed by atoms with Crippen LogP contribution in [-0.2, 0) is 11.8 Å². The smallest absolute Gasteiger partial charge is 0.137 e. The first kappa shape index (κ1) is 17.4. The van der Waals surface area contributed by atoms with Crippen LogP contribution in [0.3, 0.4) is 0 Å². The summed E-state index contributed by atoms with van der Waals surface area (Å²) in [5.74, 6) is 0.780. The van der Waals surface area contributed by atoms with Gasteiger partial charge in [-0.15, -0.1) is 0 Å². The zero-order valence-electron chi connectivity index (χ0n) is 14.7. The quantitative estimate of drug-likeness (QED) is 0.625. The summed E-state index contributed by atoms with van der Waals surface area (Å²) in [7, 11) is 3.95. The summed E-state index contributed by atoms with van der Waals surface area (Å²) < 4.78 is 6.75. The Morgan fingerprint density at radius 3 is 2.64 bits per heavy atom. The average molecular weight is 421 g/mol. The highest BCUT2D eigenvalue weighted by Crippen LogP contribution is 2.57. The molecule has 1 unspecified atom stereocenters. The third-order valence-electron chi connectivity index (χ3n) is 6.06. The van der Waals surface area contributed by atoms with Gasteiger partial charge < -0.3 is 4.74 Å². The van der Waals surface area contributed by atoms with E-state index in [4.69, 9.17) is 16.3 Å². The minimum Gasteiger partial charge on any atom is -0.495 e. The van der Waals surface area contributed by atoms with Crippen molar-refractivity contribution in [3.63, 3.8) is 0 Å².